The van der Waals surface area contributed by atoms with Gasteiger partial charge in [-0.1, -0.05) is 0 Å². The van der Waals surface area contributed by atoms with Crippen LogP contribution in [0.1, 0.15) is 21.5 Å². The van der Waals surface area contributed by atoms with Gasteiger partial charge in [0, 0.05) is 21.8 Å². The second-order valence-electron chi connectivity index (χ2n) is 5.91. The zero-order valence-corrected chi connectivity index (χ0v) is 15.3. The molecule has 0 aliphatic carbocycles. The highest BCUT2D eigenvalue weighted by molar-refractivity contribution is 8.17. The molecular weight excluding hydrogens is 370 g/mol. The van der Waals surface area contributed by atoms with E-state index in [4.69, 9.17) is 5.26 Å². The van der Waals surface area contributed by atoms with Crippen LogP contribution in [0.5, 0.6) is 0 Å². The Morgan fingerprint density at radius 2 is 1.58 bits per heavy atom. The van der Waals surface area contributed by atoms with E-state index >= 15 is 0 Å². The molecule has 0 unspecified atom stereocenters. The fourth-order valence-corrected chi connectivity index (χ4v) is 5.21. The van der Waals surface area contributed by atoms with E-state index in [0.29, 0.717) is 22.4 Å². The summed E-state index contributed by atoms with van der Waals surface area (Å²) in [6.45, 7) is 0. The SMILES string of the molecule is N#Cc1ccc(C(=O)c2ccc(S[C@H]3SC[C@@H](O)[C@H](O)[C@H]3O)cc2)cc1. The Morgan fingerprint density at radius 1 is 1.00 bits per heavy atom. The van der Waals surface area contributed by atoms with E-state index in [0.717, 1.165) is 4.90 Å². The molecule has 1 aliphatic heterocycles. The van der Waals surface area contributed by atoms with Crippen LogP contribution in [0.25, 0.3) is 0 Å². The van der Waals surface area contributed by atoms with Crippen molar-refractivity contribution in [3.8, 4) is 6.07 Å². The van der Waals surface area contributed by atoms with Crippen LogP contribution in [-0.2, 0) is 0 Å². The van der Waals surface area contributed by atoms with E-state index < -0.39 is 18.3 Å². The van der Waals surface area contributed by atoms with Gasteiger partial charge in [0.15, 0.2) is 5.78 Å². The lowest BCUT2D eigenvalue weighted by atomic mass is 10.0. The Hall–Kier alpha value is -1.82. The monoisotopic (exact) mass is 387 g/mol. The van der Waals surface area contributed by atoms with E-state index in [9.17, 15) is 20.1 Å². The maximum Gasteiger partial charge on any atom is 0.193 e. The zero-order chi connectivity index (χ0) is 18.7. The average Bonchev–Trinajstić information content (AvgIpc) is 2.68. The molecule has 0 bridgehead atoms. The fraction of sp³-hybridized carbons (Fsp3) is 0.263. The molecule has 134 valence electrons. The van der Waals surface area contributed by atoms with Gasteiger partial charge in [0.05, 0.1) is 22.3 Å². The van der Waals surface area contributed by atoms with Gasteiger partial charge in [-0.25, -0.2) is 0 Å². The first-order valence-corrected chi connectivity index (χ1v) is 9.90. The van der Waals surface area contributed by atoms with Crippen molar-refractivity contribution in [1.29, 1.82) is 5.26 Å². The van der Waals surface area contributed by atoms with Crippen molar-refractivity contribution in [3.63, 3.8) is 0 Å². The van der Waals surface area contributed by atoms with Crippen molar-refractivity contribution >= 4 is 29.3 Å². The first-order chi connectivity index (χ1) is 12.5. The number of aliphatic hydroxyl groups excluding tert-OH is 3. The minimum atomic E-state index is -1.15. The van der Waals surface area contributed by atoms with Crippen molar-refractivity contribution in [2.45, 2.75) is 27.8 Å². The maximum atomic E-state index is 12.5. The standard InChI is InChI=1S/C19H17NO4S2/c20-9-11-1-3-12(4-2-11)16(22)13-5-7-14(8-6-13)26-19-18(24)17(23)15(21)10-25-19/h1-8,15,17-19,21,23-24H,10H2/t15-,17+,18-,19-/m1/s1. The van der Waals surface area contributed by atoms with Crippen molar-refractivity contribution in [2.24, 2.45) is 0 Å². The van der Waals surface area contributed by atoms with E-state index in [1.165, 1.54) is 23.5 Å². The van der Waals surface area contributed by atoms with Gasteiger partial charge in [0.25, 0.3) is 0 Å². The number of rotatable bonds is 4. The van der Waals surface area contributed by atoms with Gasteiger partial charge in [-0.05, 0) is 48.5 Å². The molecule has 1 heterocycles. The molecule has 1 fully saturated rings. The quantitative estimate of drug-likeness (QED) is 0.690. The van der Waals surface area contributed by atoms with Gasteiger partial charge in [-0.3, -0.25) is 4.79 Å². The molecule has 4 atom stereocenters. The fourth-order valence-electron chi connectivity index (χ4n) is 2.56. The lowest BCUT2D eigenvalue weighted by Gasteiger charge is -2.34. The van der Waals surface area contributed by atoms with Crippen molar-refractivity contribution in [1.82, 2.24) is 0 Å². The number of benzene rings is 2. The molecule has 7 heteroatoms. The summed E-state index contributed by atoms with van der Waals surface area (Å²) in [5.74, 6) is 0.238. The summed E-state index contributed by atoms with van der Waals surface area (Å²) in [5.41, 5.74) is 1.55. The first kappa shape index (κ1) is 19.0. The summed E-state index contributed by atoms with van der Waals surface area (Å²) in [6.07, 6.45) is -3.08. The zero-order valence-electron chi connectivity index (χ0n) is 13.6. The second-order valence-corrected chi connectivity index (χ2v) is 8.60. The van der Waals surface area contributed by atoms with E-state index in [1.807, 2.05) is 6.07 Å². The van der Waals surface area contributed by atoms with Crippen LogP contribution < -0.4 is 0 Å². The van der Waals surface area contributed by atoms with E-state index in [1.54, 1.807) is 48.5 Å². The average molecular weight is 387 g/mol. The lowest BCUT2D eigenvalue weighted by Crippen LogP contribution is -2.47. The predicted molar refractivity (Wildman–Crippen MR) is 101 cm³/mol. The van der Waals surface area contributed by atoms with Crippen LogP contribution in [0, 0.1) is 11.3 Å². The normalized spacial score (nSPS) is 25.5. The summed E-state index contributed by atoms with van der Waals surface area (Å²) < 4.78 is -0.284. The molecule has 3 rings (SSSR count). The summed E-state index contributed by atoms with van der Waals surface area (Å²) >= 11 is 2.79. The summed E-state index contributed by atoms with van der Waals surface area (Å²) in [4.78, 5) is 13.3. The molecule has 0 amide bonds. The Kier molecular flexibility index (Phi) is 6.01. The highest BCUT2D eigenvalue weighted by atomic mass is 32.2. The maximum absolute atomic E-state index is 12.5. The van der Waals surface area contributed by atoms with Crippen LogP contribution in [-0.4, -0.2) is 49.7 Å². The topological polar surface area (TPSA) is 102 Å². The number of nitriles is 1. The highest BCUT2D eigenvalue weighted by Crippen LogP contribution is 2.38. The molecule has 0 aromatic heterocycles. The number of aliphatic hydroxyl groups is 3. The predicted octanol–water partition coefficient (Wildman–Crippen LogP) is 2.04. The molecule has 2 aromatic rings. The molecule has 26 heavy (non-hydrogen) atoms. The van der Waals surface area contributed by atoms with Gasteiger partial charge in [-0.15, -0.1) is 23.5 Å². The molecule has 1 aliphatic rings. The Bertz CT molecular complexity index is 817. The summed E-state index contributed by atoms with van der Waals surface area (Å²) in [6, 6.07) is 15.5. The van der Waals surface area contributed by atoms with Crippen molar-refractivity contribution < 1.29 is 20.1 Å². The smallest absolute Gasteiger partial charge is 0.193 e. The molecular formula is C19H17NO4S2. The first-order valence-electron chi connectivity index (χ1n) is 7.97. The molecule has 0 saturated carbocycles. The minimum absolute atomic E-state index is 0.128. The number of ketones is 1. The number of thioether (sulfide) groups is 2. The number of hydrogen-bond acceptors (Lipinski definition) is 7. The van der Waals surface area contributed by atoms with E-state index in [-0.39, 0.29) is 10.4 Å². The number of nitrogens with zero attached hydrogens (tertiary/aromatic N) is 1. The molecule has 3 N–H and O–H groups in total. The second kappa shape index (κ2) is 8.25. The third-order valence-electron chi connectivity index (χ3n) is 4.10. The van der Waals surface area contributed by atoms with Gasteiger partial charge < -0.3 is 15.3 Å². The van der Waals surface area contributed by atoms with Crippen LogP contribution in [0.15, 0.2) is 53.4 Å². The third kappa shape index (κ3) is 4.11. The molecule has 0 spiro atoms. The van der Waals surface area contributed by atoms with Crippen LogP contribution >= 0.6 is 23.5 Å². The molecule has 2 aromatic carbocycles. The van der Waals surface area contributed by atoms with E-state index in [2.05, 4.69) is 0 Å². The Morgan fingerprint density at radius 3 is 2.15 bits per heavy atom. The minimum Gasteiger partial charge on any atom is -0.389 e. The van der Waals surface area contributed by atoms with Gasteiger partial charge >= 0.3 is 0 Å². The summed E-state index contributed by atoms with van der Waals surface area (Å²) in [5, 5.41) is 38.2. The Labute approximate surface area is 159 Å². The van der Waals surface area contributed by atoms with Crippen molar-refractivity contribution in [2.75, 3.05) is 5.75 Å². The number of hydrogen-bond donors (Lipinski definition) is 3. The largest absolute Gasteiger partial charge is 0.389 e. The lowest BCUT2D eigenvalue weighted by molar-refractivity contribution is -0.0474. The van der Waals surface area contributed by atoms with Gasteiger partial charge in [0.1, 0.15) is 12.2 Å². The van der Waals surface area contributed by atoms with Crippen molar-refractivity contribution in [3.05, 3.63) is 65.2 Å². The summed E-state index contributed by atoms with van der Waals surface area (Å²) in [7, 11) is 0. The van der Waals surface area contributed by atoms with Crippen LogP contribution in [0.2, 0.25) is 0 Å². The molecule has 5 nitrogen and oxygen atoms in total. The van der Waals surface area contributed by atoms with Crippen LogP contribution in [0.3, 0.4) is 0 Å². The third-order valence-corrected chi connectivity index (χ3v) is 6.99. The molecule has 0 radical (unpaired) electrons. The Balaban J connectivity index is 1.68. The highest BCUT2D eigenvalue weighted by Gasteiger charge is 2.37. The molecule has 1 saturated heterocycles. The number of carbonyl (C=O) groups excluding carboxylic acids is 1. The van der Waals surface area contributed by atoms with Gasteiger partial charge in [-0.2, -0.15) is 5.26 Å². The van der Waals surface area contributed by atoms with Crippen LogP contribution in [0.4, 0.5) is 0 Å². The number of carbonyl (C=O) groups is 1. The van der Waals surface area contributed by atoms with Gasteiger partial charge in [0.2, 0.25) is 0 Å².